The highest BCUT2D eigenvalue weighted by atomic mass is 16.3. The summed E-state index contributed by atoms with van der Waals surface area (Å²) in [6.07, 6.45) is 13.4. The van der Waals surface area contributed by atoms with E-state index in [1.807, 2.05) is 20.8 Å². The third-order valence-corrected chi connectivity index (χ3v) is 8.97. The van der Waals surface area contributed by atoms with Crippen LogP contribution in [0.1, 0.15) is 92.4 Å². The topological polar surface area (TPSA) is 60.7 Å². The third kappa shape index (κ3) is 5.37. The van der Waals surface area contributed by atoms with Crippen LogP contribution in [0.4, 0.5) is 0 Å². The third-order valence-electron chi connectivity index (χ3n) is 8.97. The fourth-order valence-corrected chi connectivity index (χ4v) is 6.91. The molecule has 0 amide bonds. The number of hydrogen-bond donors (Lipinski definition) is 3. The molecule has 31 heavy (non-hydrogen) atoms. The van der Waals surface area contributed by atoms with Gasteiger partial charge in [0.25, 0.3) is 0 Å². The van der Waals surface area contributed by atoms with Gasteiger partial charge in [-0.15, -0.1) is 0 Å². The van der Waals surface area contributed by atoms with E-state index in [-0.39, 0.29) is 5.92 Å². The smallest absolute Gasteiger partial charge is 0.0837 e. The zero-order valence-corrected chi connectivity index (χ0v) is 20.5. The molecular weight excluding hydrogens is 384 g/mol. The van der Waals surface area contributed by atoms with Crippen molar-refractivity contribution in [3.63, 3.8) is 0 Å². The zero-order valence-electron chi connectivity index (χ0n) is 20.5. The highest BCUT2D eigenvalue weighted by Crippen LogP contribution is 2.60. The van der Waals surface area contributed by atoms with Crippen molar-refractivity contribution >= 4 is 0 Å². The van der Waals surface area contributed by atoms with Gasteiger partial charge in [0.1, 0.15) is 0 Å². The van der Waals surface area contributed by atoms with Gasteiger partial charge in [0, 0.05) is 5.92 Å². The summed E-state index contributed by atoms with van der Waals surface area (Å²) in [5.41, 5.74) is 3.15. The molecule has 0 radical (unpaired) electrons. The molecule has 0 aromatic rings. The SMILES string of the molecule is C=C1/C(=C\C=C2/CCC[C@@]3(C)C2CCC3[C@H](C)CCCC(C)(C)O)C[C@@H](O)[C@H](C)[C@@H]1O. The average molecular weight is 431 g/mol. The molecule has 3 N–H and O–H groups in total. The van der Waals surface area contributed by atoms with E-state index in [4.69, 9.17) is 0 Å². The van der Waals surface area contributed by atoms with Gasteiger partial charge in [-0.3, -0.25) is 0 Å². The minimum absolute atomic E-state index is 0.149. The van der Waals surface area contributed by atoms with Crippen LogP contribution in [0.25, 0.3) is 0 Å². The van der Waals surface area contributed by atoms with Crippen LogP contribution in [0, 0.1) is 29.1 Å². The van der Waals surface area contributed by atoms with Gasteiger partial charge in [-0.05, 0) is 93.1 Å². The largest absolute Gasteiger partial charge is 0.392 e. The van der Waals surface area contributed by atoms with Crippen LogP contribution in [0.3, 0.4) is 0 Å². The lowest BCUT2D eigenvalue weighted by atomic mass is 9.60. The molecule has 0 aromatic carbocycles. The molecule has 3 heteroatoms. The summed E-state index contributed by atoms with van der Waals surface area (Å²) < 4.78 is 0. The maximum Gasteiger partial charge on any atom is 0.0837 e. The van der Waals surface area contributed by atoms with E-state index in [2.05, 4.69) is 32.6 Å². The second-order valence-corrected chi connectivity index (χ2v) is 11.8. The van der Waals surface area contributed by atoms with Gasteiger partial charge < -0.3 is 15.3 Å². The maximum absolute atomic E-state index is 10.4. The van der Waals surface area contributed by atoms with E-state index in [0.29, 0.717) is 23.7 Å². The number of rotatable bonds is 6. The first-order valence-corrected chi connectivity index (χ1v) is 12.6. The van der Waals surface area contributed by atoms with E-state index in [1.165, 1.54) is 32.1 Å². The Bertz CT molecular complexity index is 712. The molecule has 3 rings (SSSR count). The first-order chi connectivity index (χ1) is 14.4. The van der Waals surface area contributed by atoms with E-state index in [9.17, 15) is 15.3 Å². The fourth-order valence-electron chi connectivity index (χ4n) is 6.91. The Morgan fingerprint density at radius 3 is 2.61 bits per heavy atom. The predicted molar refractivity (Wildman–Crippen MR) is 129 cm³/mol. The number of aliphatic hydroxyl groups excluding tert-OH is 2. The van der Waals surface area contributed by atoms with Crippen molar-refractivity contribution in [1.82, 2.24) is 0 Å². The van der Waals surface area contributed by atoms with Crippen LogP contribution < -0.4 is 0 Å². The quantitative estimate of drug-likeness (QED) is 0.488. The second kappa shape index (κ2) is 9.53. The molecule has 7 atom stereocenters. The van der Waals surface area contributed by atoms with E-state index in [1.54, 1.807) is 5.57 Å². The van der Waals surface area contributed by atoms with Crippen LogP contribution in [0.2, 0.25) is 0 Å². The molecule has 3 fully saturated rings. The van der Waals surface area contributed by atoms with Gasteiger partial charge in [-0.2, -0.15) is 0 Å². The molecule has 0 saturated heterocycles. The van der Waals surface area contributed by atoms with Crippen LogP contribution in [0.5, 0.6) is 0 Å². The molecule has 2 unspecified atom stereocenters. The molecule has 0 spiro atoms. The zero-order chi connectivity index (χ0) is 23.0. The minimum atomic E-state index is -0.648. The summed E-state index contributed by atoms with van der Waals surface area (Å²) >= 11 is 0. The van der Waals surface area contributed by atoms with Gasteiger partial charge in [0.2, 0.25) is 0 Å². The summed E-state index contributed by atoms with van der Waals surface area (Å²) in [5, 5.41) is 30.7. The van der Waals surface area contributed by atoms with Crippen LogP contribution in [-0.2, 0) is 0 Å². The molecule has 176 valence electrons. The summed E-state index contributed by atoms with van der Waals surface area (Å²) in [7, 11) is 0. The van der Waals surface area contributed by atoms with Gasteiger partial charge >= 0.3 is 0 Å². The maximum atomic E-state index is 10.4. The molecule has 0 aliphatic heterocycles. The fraction of sp³-hybridized carbons (Fsp3) is 0.786. The van der Waals surface area contributed by atoms with E-state index in [0.717, 1.165) is 36.3 Å². The molecular formula is C28H46O3. The lowest BCUT2D eigenvalue weighted by Crippen LogP contribution is -2.36. The van der Waals surface area contributed by atoms with Crippen molar-refractivity contribution in [2.75, 3.05) is 0 Å². The first kappa shape index (κ1) is 24.7. The van der Waals surface area contributed by atoms with Crippen molar-refractivity contribution in [2.24, 2.45) is 29.1 Å². The van der Waals surface area contributed by atoms with E-state index < -0.39 is 17.8 Å². The van der Waals surface area contributed by atoms with Crippen molar-refractivity contribution in [3.8, 4) is 0 Å². The molecule has 3 aliphatic rings. The number of allylic oxidation sites excluding steroid dienone is 3. The highest BCUT2D eigenvalue weighted by Gasteiger charge is 2.50. The summed E-state index contributed by atoms with van der Waals surface area (Å²) in [6.45, 7) is 14.8. The number of fused-ring (bicyclic) bond motifs is 1. The Morgan fingerprint density at radius 1 is 1.23 bits per heavy atom. The first-order valence-electron chi connectivity index (χ1n) is 12.6. The Morgan fingerprint density at radius 2 is 1.94 bits per heavy atom. The Labute approximate surface area is 190 Å². The van der Waals surface area contributed by atoms with Crippen LogP contribution in [-0.4, -0.2) is 33.1 Å². The molecule has 0 heterocycles. The normalized spacial score (nSPS) is 40.4. The van der Waals surface area contributed by atoms with Crippen molar-refractivity contribution in [1.29, 1.82) is 0 Å². The summed E-state index contributed by atoms with van der Waals surface area (Å²) in [5.74, 6) is 1.94. The number of hydrogen-bond acceptors (Lipinski definition) is 3. The standard InChI is InChI=1S/C28H46O3/c1-18(9-7-15-27(4,5)31)23-13-14-24-21(10-8-16-28(23,24)6)11-12-22-17-25(29)20(3)26(30)19(22)2/h11-12,18,20,23-26,29-31H,2,7-10,13-17H2,1,3-6H3/b21-11+,22-12-/t18-,20+,23?,24?,25-,26-,28-/m1/s1. The highest BCUT2D eigenvalue weighted by molar-refractivity contribution is 5.39. The predicted octanol–water partition coefficient (Wildman–Crippen LogP) is 5.95. The Hall–Kier alpha value is -0.900. The van der Waals surface area contributed by atoms with Crippen molar-refractivity contribution in [2.45, 2.75) is 110 Å². The Balaban J connectivity index is 1.71. The summed E-state index contributed by atoms with van der Waals surface area (Å²) in [4.78, 5) is 0. The molecule has 0 bridgehead atoms. The second-order valence-electron chi connectivity index (χ2n) is 11.8. The van der Waals surface area contributed by atoms with Gasteiger partial charge in [-0.1, -0.05) is 57.9 Å². The molecule has 3 saturated carbocycles. The molecule has 3 nitrogen and oxygen atoms in total. The lowest BCUT2D eigenvalue weighted by molar-refractivity contribution is 0.0283. The van der Waals surface area contributed by atoms with Crippen LogP contribution >= 0.6 is 0 Å². The monoisotopic (exact) mass is 430 g/mol. The Kier molecular flexibility index (Phi) is 7.61. The number of aliphatic hydroxyl groups is 3. The van der Waals surface area contributed by atoms with Crippen LogP contribution in [0.15, 0.2) is 35.5 Å². The molecule has 0 aromatic heterocycles. The van der Waals surface area contributed by atoms with Crippen molar-refractivity contribution < 1.29 is 15.3 Å². The molecule has 3 aliphatic carbocycles. The van der Waals surface area contributed by atoms with Gasteiger partial charge in [0.05, 0.1) is 17.8 Å². The van der Waals surface area contributed by atoms with Gasteiger partial charge in [0.15, 0.2) is 0 Å². The summed E-state index contributed by atoms with van der Waals surface area (Å²) in [6, 6.07) is 0. The van der Waals surface area contributed by atoms with Crippen molar-refractivity contribution in [3.05, 3.63) is 35.5 Å². The lowest BCUT2D eigenvalue weighted by Gasteiger charge is -2.44. The minimum Gasteiger partial charge on any atom is -0.392 e. The van der Waals surface area contributed by atoms with Gasteiger partial charge in [-0.25, -0.2) is 0 Å². The van der Waals surface area contributed by atoms with E-state index >= 15 is 0 Å². The average Bonchev–Trinajstić information content (AvgIpc) is 3.04.